The van der Waals surface area contributed by atoms with Crippen LogP contribution in [0.15, 0.2) is 33.1 Å². The zero-order chi connectivity index (χ0) is 14.4. The minimum absolute atomic E-state index is 0.199. The van der Waals surface area contributed by atoms with E-state index in [4.69, 9.17) is 0 Å². The van der Waals surface area contributed by atoms with Gasteiger partial charge < -0.3 is 0 Å². The van der Waals surface area contributed by atoms with Crippen molar-refractivity contribution in [1.82, 2.24) is 9.36 Å². The molecule has 0 atom stereocenters. The molecule has 3 nitrogen and oxygen atoms in total. The van der Waals surface area contributed by atoms with Crippen molar-refractivity contribution < 1.29 is 4.79 Å². The fourth-order valence-corrected chi connectivity index (χ4v) is 3.58. The van der Waals surface area contributed by atoms with Gasteiger partial charge in [0.2, 0.25) is 0 Å². The molecule has 106 valence electrons. The van der Waals surface area contributed by atoms with Gasteiger partial charge >= 0.3 is 0 Å². The second-order valence-electron chi connectivity index (χ2n) is 4.21. The first-order valence-electron chi connectivity index (χ1n) is 6.43. The number of carbonyl (C=O) groups is 1. The van der Waals surface area contributed by atoms with Crippen LogP contribution >= 0.6 is 39.2 Å². The Morgan fingerprint density at radius 1 is 1.35 bits per heavy atom. The van der Waals surface area contributed by atoms with Gasteiger partial charge in [0, 0.05) is 28.6 Å². The number of hydrogen-bond acceptors (Lipinski definition) is 5. The van der Waals surface area contributed by atoms with Gasteiger partial charge in [-0.2, -0.15) is 4.37 Å². The molecule has 2 rings (SSSR count). The Morgan fingerprint density at radius 3 is 2.75 bits per heavy atom. The van der Waals surface area contributed by atoms with Gasteiger partial charge in [-0.25, -0.2) is 4.98 Å². The predicted molar refractivity (Wildman–Crippen MR) is 87.7 cm³/mol. The van der Waals surface area contributed by atoms with Crippen LogP contribution in [-0.2, 0) is 6.42 Å². The first-order chi connectivity index (χ1) is 9.69. The third-order valence-electron chi connectivity index (χ3n) is 2.71. The van der Waals surface area contributed by atoms with Gasteiger partial charge in [-0.15, -0.1) is 0 Å². The van der Waals surface area contributed by atoms with Gasteiger partial charge in [-0.1, -0.05) is 46.7 Å². The molecule has 0 fully saturated rings. The molecule has 0 aliphatic rings. The summed E-state index contributed by atoms with van der Waals surface area (Å²) in [5.74, 6) is 2.01. The van der Waals surface area contributed by atoms with Crippen molar-refractivity contribution in [3.8, 4) is 0 Å². The van der Waals surface area contributed by atoms with E-state index in [9.17, 15) is 4.79 Å². The fourth-order valence-electron chi connectivity index (χ4n) is 1.61. The Labute approximate surface area is 135 Å². The number of carbonyl (C=O) groups excluding carboxylic acids is 1. The molecule has 20 heavy (non-hydrogen) atoms. The van der Waals surface area contributed by atoms with E-state index in [-0.39, 0.29) is 5.78 Å². The van der Waals surface area contributed by atoms with E-state index in [1.165, 1.54) is 11.5 Å². The largest absolute Gasteiger partial charge is 0.294 e. The molecule has 2 aromatic rings. The summed E-state index contributed by atoms with van der Waals surface area (Å²) in [6.07, 6.45) is 2.31. The molecule has 6 heteroatoms. The van der Waals surface area contributed by atoms with Gasteiger partial charge in [0.1, 0.15) is 5.82 Å². The number of aryl methyl sites for hydroxylation is 1. The average molecular weight is 371 g/mol. The van der Waals surface area contributed by atoms with Crippen LogP contribution in [0.1, 0.15) is 35.9 Å². The number of hydrogen-bond donors (Lipinski definition) is 0. The third-order valence-corrected chi connectivity index (χ3v) is 5.19. The molecule has 0 spiro atoms. The van der Waals surface area contributed by atoms with Gasteiger partial charge in [0.15, 0.2) is 10.1 Å². The summed E-state index contributed by atoms with van der Waals surface area (Å²) in [5, 5.41) is 0. The lowest BCUT2D eigenvalue weighted by Gasteiger charge is -2.00. The Kier molecular flexibility index (Phi) is 6.19. The Morgan fingerprint density at radius 2 is 2.10 bits per heavy atom. The van der Waals surface area contributed by atoms with Crippen LogP contribution in [0.3, 0.4) is 0 Å². The standard InChI is InChI=1S/C14H15BrN2OS2/c1-2-13-16-14(20-17-13)19-9-3-4-12(18)10-5-7-11(15)8-6-10/h5-8H,2-4,9H2,1H3. The number of ketones is 1. The van der Waals surface area contributed by atoms with Gasteiger partial charge in [-0.3, -0.25) is 4.79 Å². The van der Waals surface area contributed by atoms with Crippen LogP contribution in [0.4, 0.5) is 0 Å². The molecule has 0 aliphatic heterocycles. The van der Waals surface area contributed by atoms with Crippen LogP contribution in [0.2, 0.25) is 0 Å². The monoisotopic (exact) mass is 370 g/mol. The predicted octanol–water partition coefficient (Wildman–Crippen LogP) is 4.62. The number of benzene rings is 1. The summed E-state index contributed by atoms with van der Waals surface area (Å²) >= 11 is 6.49. The van der Waals surface area contributed by atoms with Crippen molar-refractivity contribution in [2.75, 3.05) is 5.75 Å². The molecular formula is C14H15BrN2OS2. The van der Waals surface area contributed by atoms with Crippen molar-refractivity contribution >= 4 is 45.0 Å². The smallest absolute Gasteiger partial charge is 0.170 e. The summed E-state index contributed by atoms with van der Waals surface area (Å²) in [4.78, 5) is 16.4. The van der Waals surface area contributed by atoms with Crippen molar-refractivity contribution in [2.45, 2.75) is 30.5 Å². The quantitative estimate of drug-likeness (QED) is 0.405. The molecule has 1 aromatic carbocycles. The molecule has 0 bridgehead atoms. The van der Waals surface area contributed by atoms with Crippen LogP contribution in [0, 0.1) is 0 Å². The lowest BCUT2D eigenvalue weighted by Crippen LogP contribution is -1.99. The van der Waals surface area contributed by atoms with E-state index in [1.807, 2.05) is 31.2 Å². The minimum atomic E-state index is 0.199. The maximum absolute atomic E-state index is 12.0. The Balaban J connectivity index is 1.72. The van der Waals surface area contributed by atoms with Crippen LogP contribution in [0.5, 0.6) is 0 Å². The molecule has 0 N–H and O–H groups in total. The van der Waals surface area contributed by atoms with E-state index in [0.717, 1.165) is 38.8 Å². The normalized spacial score (nSPS) is 10.7. The summed E-state index contributed by atoms with van der Waals surface area (Å²) < 4.78 is 6.23. The summed E-state index contributed by atoms with van der Waals surface area (Å²) in [7, 11) is 0. The minimum Gasteiger partial charge on any atom is -0.294 e. The molecule has 0 unspecified atom stereocenters. The number of nitrogens with zero attached hydrogens (tertiary/aromatic N) is 2. The molecule has 0 saturated carbocycles. The first kappa shape index (κ1) is 15.7. The van der Waals surface area contributed by atoms with Crippen molar-refractivity contribution in [3.63, 3.8) is 0 Å². The zero-order valence-electron chi connectivity index (χ0n) is 11.1. The number of rotatable bonds is 7. The third kappa shape index (κ3) is 4.68. The molecule has 1 heterocycles. The van der Waals surface area contributed by atoms with Gasteiger partial charge in [-0.05, 0) is 30.1 Å². The lowest BCUT2D eigenvalue weighted by atomic mass is 10.1. The second kappa shape index (κ2) is 7.90. The zero-order valence-corrected chi connectivity index (χ0v) is 14.4. The van der Waals surface area contributed by atoms with Crippen molar-refractivity contribution in [2.24, 2.45) is 0 Å². The van der Waals surface area contributed by atoms with Crippen molar-refractivity contribution in [1.29, 1.82) is 0 Å². The fraction of sp³-hybridized carbons (Fsp3) is 0.357. The number of aromatic nitrogens is 2. The molecule has 0 radical (unpaired) electrons. The second-order valence-corrected chi connectivity index (χ2v) is 7.22. The maximum atomic E-state index is 12.0. The highest BCUT2D eigenvalue weighted by Crippen LogP contribution is 2.22. The van der Waals surface area contributed by atoms with E-state index < -0.39 is 0 Å². The Hall–Kier alpha value is -0.720. The molecular weight excluding hydrogens is 356 g/mol. The van der Waals surface area contributed by atoms with Crippen LogP contribution in [0.25, 0.3) is 0 Å². The van der Waals surface area contributed by atoms with E-state index in [0.29, 0.717) is 6.42 Å². The van der Waals surface area contributed by atoms with Gasteiger partial charge in [0.05, 0.1) is 0 Å². The number of thioether (sulfide) groups is 1. The van der Waals surface area contributed by atoms with Crippen molar-refractivity contribution in [3.05, 3.63) is 40.1 Å². The van der Waals surface area contributed by atoms with E-state index in [1.54, 1.807) is 11.8 Å². The van der Waals surface area contributed by atoms with E-state index >= 15 is 0 Å². The average Bonchev–Trinajstić information content (AvgIpc) is 2.92. The van der Waals surface area contributed by atoms with E-state index in [2.05, 4.69) is 25.3 Å². The number of halogens is 1. The first-order valence-corrected chi connectivity index (χ1v) is 8.98. The summed E-state index contributed by atoms with van der Waals surface area (Å²) in [5.41, 5.74) is 0.780. The highest BCUT2D eigenvalue weighted by molar-refractivity contribution is 9.10. The lowest BCUT2D eigenvalue weighted by molar-refractivity contribution is 0.0982. The van der Waals surface area contributed by atoms with Crippen LogP contribution < -0.4 is 0 Å². The molecule has 0 aliphatic carbocycles. The summed E-state index contributed by atoms with van der Waals surface area (Å²) in [6.45, 7) is 2.05. The summed E-state index contributed by atoms with van der Waals surface area (Å²) in [6, 6.07) is 7.51. The Bertz CT molecular complexity index is 569. The topological polar surface area (TPSA) is 42.9 Å². The highest BCUT2D eigenvalue weighted by atomic mass is 79.9. The molecule has 0 amide bonds. The SMILES string of the molecule is CCc1nsc(SCCCC(=O)c2ccc(Br)cc2)n1. The molecule has 0 saturated heterocycles. The number of Topliss-reactive ketones (excluding diaryl/α,β-unsaturated/α-hetero) is 1. The van der Waals surface area contributed by atoms with Crippen LogP contribution in [-0.4, -0.2) is 20.9 Å². The van der Waals surface area contributed by atoms with Gasteiger partial charge in [0.25, 0.3) is 0 Å². The molecule has 1 aromatic heterocycles. The maximum Gasteiger partial charge on any atom is 0.170 e. The highest BCUT2D eigenvalue weighted by Gasteiger charge is 2.07.